The van der Waals surface area contributed by atoms with Crippen LogP contribution in [-0.4, -0.2) is 18.2 Å². The molecule has 0 aliphatic heterocycles. The average molecular weight is 326 g/mol. The van der Waals surface area contributed by atoms with Crippen molar-refractivity contribution in [3.8, 4) is 0 Å². The summed E-state index contributed by atoms with van der Waals surface area (Å²) in [6.45, 7) is 6.17. The summed E-state index contributed by atoms with van der Waals surface area (Å²) in [5, 5.41) is 3.49. The van der Waals surface area contributed by atoms with Crippen LogP contribution in [0, 0.1) is 0 Å². The summed E-state index contributed by atoms with van der Waals surface area (Å²) in [6.07, 6.45) is 4.86. The van der Waals surface area contributed by atoms with Gasteiger partial charge in [0.1, 0.15) is 0 Å². The maximum atomic E-state index is 6.22. The zero-order chi connectivity index (χ0) is 13.7. The Hall–Kier alpha value is -0.380. The third-order valence-corrected chi connectivity index (χ3v) is 4.38. The highest BCUT2D eigenvalue weighted by atomic mass is 79.9. The van der Waals surface area contributed by atoms with Gasteiger partial charge in [-0.15, -0.1) is 0 Å². The largest absolute Gasteiger partial charge is 0.370 e. The minimum atomic E-state index is 0.134. The second-order valence-corrected chi connectivity index (χ2v) is 6.73. The lowest BCUT2D eigenvalue weighted by atomic mass is 9.77. The van der Waals surface area contributed by atoms with Crippen LogP contribution in [0.3, 0.4) is 0 Å². The minimum Gasteiger partial charge on any atom is -0.370 e. The van der Waals surface area contributed by atoms with E-state index < -0.39 is 0 Å². The summed E-state index contributed by atoms with van der Waals surface area (Å²) >= 11 is 3.46. The fourth-order valence-electron chi connectivity index (χ4n) is 2.44. The second kappa shape index (κ2) is 6.87. The zero-order valence-electron chi connectivity index (χ0n) is 11.9. The lowest BCUT2D eigenvalue weighted by molar-refractivity contribution is -0.114. The van der Waals surface area contributed by atoms with Crippen molar-refractivity contribution in [2.24, 2.45) is 0 Å². The fraction of sp³-hybridized carbons (Fsp3) is 0.625. The molecule has 19 heavy (non-hydrogen) atoms. The number of nitrogens with one attached hydrogen (secondary N) is 1. The number of hydrogen-bond donors (Lipinski definition) is 1. The van der Waals surface area contributed by atoms with E-state index in [2.05, 4.69) is 59.4 Å². The Morgan fingerprint density at radius 2 is 1.95 bits per heavy atom. The van der Waals surface area contributed by atoms with E-state index in [9.17, 15) is 0 Å². The molecule has 2 rings (SSSR count). The molecule has 0 aromatic heterocycles. The Kier molecular flexibility index (Phi) is 5.43. The lowest BCUT2D eigenvalue weighted by Gasteiger charge is -2.42. The van der Waals surface area contributed by atoms with E-state index in [0.29, 0.717) is 6.04 Å². The molecule has 0 spiro atoms. The van der Waals surface area contributed by atoms with E-state index in [1.807, 2.05) is 0 Å². The first-order chi connectivity index (χ1) is 9.10. The monoisotopic (exact) mass is 325 g/mol. The van der Waals surface area contributed by atoms with Gasteiger partial charge in [0.2, 0.25) is 0 Å². The molecule has 3 heteroatoms. The molecule has 0 amide bonds. The van der Waals surface area contributed by atoms with E-state index >= 15 is 0 Å². The maximum Gasteiger partial charge on any atom is 0.0724 e. The summed E-state index contributed by atoms with van der Waals surface area (Å²) in [6, 6.07) is 8.97. The number of halogens is 1. The van der Waals surface area contributed by atoms with Crippen LogP contribution in [0.5, 0.6) is 0 Å². The van der Waals surface area contributed by atoms with Gasteiger partial charge < -0.3 is 10.1 Å². The number of ether oxygens (including phenoxy) is 1. The van der Waals surface area contributed by atoms with Crippen LogP contribution in [0.15, 0.2) is 28.7 Å². The molecule has 0 unspecified atom stereocenters. The van der Waals surface area contributed by atoms with Crippen molar-refractivity contribution in [3.63, 3.8) is 0 Å². The normalized spacial score (nSPS) is 17.5. The van der Waals surface area contributed by atoms with Crippen molar-refractivity contribution in [1.29, 1.82) is 0 Å². The van der Waals surface area contributed by atoms with E-state index in [0.717, 1.165) is 24.0 Å². The van der Waals surface area contributed by atoms with Gasteiger partial charge in [-0.1, -0.05) is 41.9 Å². The molecule has 106 valence electrons. The summed E-state index contributed by atoms with van der Waals surface area (Å²) in [5.41, 5.74) is 1.39. The standard InChI is InChI=1S/C16H24BrNO/c1-13(2)18-11-10-16(8-3-9-16)19-12-14-4-6-15(17)7-5-14/h4-7,13,18H,3,8-12H2,1-2H3. The SMILES string of the molecule is CC(C)NCCC1(OCc2ccc(Br)cc2)CCC1. The highest BCUT2D eigenvalue weighted by Crippen LogP contribution is 2.39. The summed E-state index contributed by atoms with van der Waals surface area (Å²) in [4.78, 5) is 0. The first kappa shape index (κ1) is 15.0. The van der Waals surface area contributed by atoms with Gasteiger partial charge in [-0.2, -0.15) is 0 Å². The molecule has 0 saturated heterocycles. The van der Waals surface area contributed by atoms with Crippen molar-refractivity contribution >= 4 is 15.9 Å². The molecular weight excluding hydrogens is 302 g/mol. The number of hydrogen-bond acceptors (Lipinski definition) is 2. The average Bonchev–Trinajstić information content (AvgIpc) is 2.33. The van der Waals surface area contributed by atoms with Crippen LogP contribution in [-0.2, 0) is 11.3 Å². The van der Waals surface area contributed by atoms with Gasteiger partial charge in [0.05, 0.1) is 12.2 Å². The zero-order valence-corrected chi connectivity index (χ0v) is 13.5. The molecule has 0 bridgehead atoms. The van der Waals surface area contributed by atoms with Gasteiger partial charge in [-0.05, 0) is 49.9 Å². The maximum absolute atomic E-state index is 6.22. The van der Waals surface area contributed by atoms with Crippen molar-refractivity contribution in [2.45, 2.75) is 57.8 Å². The quantitative estimate of drug-likeness (QED) is 0.808. The van der Waals surface area contributed by atoms with E-state index in [1.165, 1.54) is 24.8 Å². The van der Waals surface area contributed by atoms with Crippen LogP contribution in [0.2, 0.25) is 0 Å². The number of rotatable bonds is 7. The smallest absolute Gasteiger partial charge is 0.0724 e. The lowest BCUT2D eigenvalue weighted by Crippen LogP contribution is -2.43. The molecule has 0 atom stereocenters. The Labute approximate surface area is 125 Å². The molecule has 1 aliphatic rings. The van der Waals surface area contributed by atoms with Gasteiger partial charge in [0, 0.05) is 10.5 Å². The molecular formula is C16H24BrNO. The summed E-state index contributed by atoms with van der Waals surface area (Å²) in [5.74, 6) is 0. The fourth-order valence-corrected chi connectivity index (χ4v) is 2.71. The topological polar surface area (TPSA) is 21.3 Å². The summed E-state index contributed by atoms with van der Waals surface area (Å²) in [7, 11) is 0. The van der Waals surface area contributed by atoms with Crippen molar-refractivity contribution in [1.82, 2.24) is 5.32 Å². The summed E-state index contributed by atoms with van der Waals surface area (Å²) < 4.78 is 7.34. The predicted octanol–water partition coefficient (Wildman–Crippen LogP) is 4.28. The van der Waals surface area contributed by atoms with E-state index in [4.69, 9.17) is 4.74 Å². The molecule has 2 nitrogen and oxygen atoms in total. The van der Waals surface area contributed by atoms with Gasteiger partial charge in [0.15, 0.2) is 0 Å². The molecule has 1 saturated carbocycles. The van der Waals surface area contributed by atoms with Crippen LogP contribution >= 0.6 is 15.9 Å². The highest BCUT2D eigenvalue weighted by Gasteiger charge is 2.37. The van der Waals surface area contributed by atoms with E-state index in [-0.39, 0.29) is 5.60 Å². The van der Waals surface area contributed by atoms with Crippen molar-refractivity contribution < 1.29 is 4.74 Å². The Morgan fingerprint density at radius 1 is 1.26 bits per heavy atom. The van der Waals surface area contributed by atoms with Crippen LogP contribution in [0.25, 0.3) is 0 Å². The highest BCUT2D eigenvalue weighted by molar-refractivity contribution is 9.10. The molecule has 1 fully saturated rings. The van der Waals surface area contributed by atoms with E-state index in [1.54, 1.807) is 0 Å². The minimum absolute atomic E-state index is 0.134. The Balaban J connectivity index is 1.80. The van der Waals surface area contributed by atoms with Crippen LogP contribution in [0.4, 0.5) is 0 Å². The Bertz CT molecular complexity index is 384. The molecule has 0 heterocycles. The molecule has 1 aliphatic carbocycles. The predicted molar refractivity (Wildman–Crippen MR) is 83.3 cm³/mol. The van der Waals surface area contributed by atoms with Gasteiger partial charge in [-0.25, -0.2) is 0 Å². The third-order valence-electron chi connectivity index (χ3n) is 3.86. The van der Waals surface area contributed by atoms with Gasteiger partial charge >= 0.3 is 0 Å². The van der Waals surface area contributed by atoms with Crippen LogP contribution < -0.4 is 5.32 Å². The molecule has 1 aromatic carbocycles. The van der Waals surface area contributed by atoms with Crippen molar-refractivity contribution in [2.75, 3.05) is 6.54 Å². The molecule has 1 N–H and O–H groups in total. The second-order valence-electron chi connectivity index (χ2n) is 5.81. The molecule has 0 radical (unpaired) electrons. The van der Waals surface area contributed by atoms with Gasteiger partial charge in [0.25, 0.3) is 0 Å². The third kappa shape index (κ3) is 4.59. The van der Waals surface area contributed by atoms with Crippen LogP contribution in [0.1, 0.15) is 45.1 Å². The van der Waals surface area contributed by atoms with Gasteiger partial charge in [-0.3, -0.25) is 0 Å². The number of benzene rings is 1. The Morgan fingerprint density at radius 3 is 2.47 bits per heavy atom. The first-order valence-electron chi connectivity index (χ1n) is 7.21. The molecule has 1 aromatic rings. The van der Waals surface area contributed by atoms with Crippen molar-refractivity contribution in [3.05, 3.63) is 34.3 Å². The first-order valence-corrected chi connectivity index (χ1v) is 8.01.